The molecule has 1 aliphatic heterocycles. The Morgan fingerprint density at radius 2 is 1.80 bits per heavy atom. The molecule has 4 rings (SSSR count). The molecule has 1 amide bonds. The monoisotopic (exact) mass is 706 g/mol. The van der Waals surface area contributed by atoms with Gasteiger partial charge in [-0.15, -0.1) is 0 Å². The van der Waals surface area contributed by atoms with Gasteiger partial charge >= 0.3 is 6.09 Å². The minimum Gasteiger partial charge on any atom is -0.473 e. The fraction of sp³-hybridized carbons (Fsp3) is 0.528. The number of ether oxygens (including phenoxy) is 2. The Kier molecular flexibility index (Phi) is 10.5. The van der Waals surface area contributed by atoms with Crippen LogP contribution in [0.3, 0.4) is 0 Å². The van der Waals surface area contributed by atoms with Gasteiger partial charge in [-0.25, -0.2) is 19.7 Å². The summed E-state index contributed by atoms with van der Waals surface area (Å²) in [5, 5.41) is 13.6. The van der Waals surface area contributed by atoms with E-state index in [2.05, 4.69) is 62.1 Å². The van der Waals surface area contributed by atoms with Gasteiger partial charge in [-0.1, -0.05) is 27.7 Å². The van der Waals surface area contributed by atoms with Gasteiger partial charge in [0.1, 0.15) is 29.9 Å². The van der Waals surface area contributed by atoms with E-state index in [4.69, 9.17) is 18.9 Å². The van der Waals surface area contributed by atoms with Crippen molar-refractivity contribution in [3.8, 4) is 23.2 Å². The largest absolute Gasteiger partial charge is 0.473 e. The fourth-order valence-corrected chi connectivity index (χ4v) is 7.00. The maximum Gasteiger partial charge on any atom is 0.414 e. The first kappa shape index (κ1) is 38.0. The molecule has 0 spiro atoms. The molecule has 11 nitrogen and oxygen atoms in total. The number of amides is 1. The number of hydrogen-bond acceptors (Lipinski definition) is 10. The van der Waals surface area contributed by atoms with Crippen LogP contribution in [0.4, 0.5) is 22.1 Å². The van der Waals surface area contributed by atoms with Crippen molar-refractivity contribution >= 4 is 44.3 Å². The van der Waals surface area contributed by atoms with E-state index in [-0.39, 0.29) is 17.1 Å². The summed E-state index contributed by atoms with van der Waals surface area (Å²) < 4.78 is 31.2. The molecule has 0 saturated carbocycles. The molecule has 0 fully saturated rings. The SMILES string of the molecule is CC(C)Oc1nc(P(C)(C)=O)ccc1Nc1nccc(-c2cc(C#N)c3c(c2)[C@@](C)(CO[Si](C)(C)C(C)(C)C)CN3C(=O)OC(C)(C)C)n1. The molecular weight excluding hydrogens is 655 g/mol. The zero-order valence-corrected chi connectivity index (χ0v) is 33.1. The van der Waals surface area contributed by atoms with E-state index in [1.165, 1.54) is 0 Å². The second kappa shape index (κ2) is 13.5. The third-order valence-electron chi connectivity index (χ3n) is 8.77. The smallest absolute Gasteiger partial charge is 0.414 e. The summed E-state index contributed by atoms with van der Waals surface area (Å²) in [6, 6.07) is 11.3. The second-order valence-corrected chi connectivity index (χ2v) is 24.1. The minimum atomic E-state index is -2.62. The first-order valence-electron chi connectivity index (χ1n) is 16.5. The molecule has 0 radical (unpaired) electrons. The number of carbonyl (C=O) groups excluding carboxylic acids is 1. The summed E-state index contributed by atoms with van der Waals surface area (Å²) in [6.07, 6.45) is 0.951. The number of fused-ring (bicyclic) bond motifs is 1. The van der Waals surface area contributed by atoms with Crippen LogP contribution in [0.15, 0.2) is 36.5 Å². The average molecular weight is 707 g/mol. The molecule has 1 atom stereocenters. The maximum atomic E-state index is 13.6. The average Bonchev–Trinajstić information content (AvgIpc) is 3.27. The molecule has 0 aliphatic carbocycles. The van der Waals surface area contributed by atoms with Gasteiger partial charge in [-0.05, 0) is 102 Å². The standard InChI is InChI=1S/C36H51N6O5PSi/c1-23(2)46-31-28(14-15-29(41-31)48(10,11)44)40-32-38-17-16-27(39-32)24-18-25(20-37)30-26(19-24)36(9,22-45-49(12,13)35(6,7)8)21-42(30)33(43)47-34(3,4)5/h14-19,23H,21-22H2,1-13H3,(H,38,39,40)/t36-/m1/s1. The highest BCUT2D eigenvalue weighted by molar-refractivity contribution is 7.69. The lowest BCUT2D eigenvalue weighted by atomic mass is 9.83. The number of pyridine rings is 1. The van der Waals surface area contributed by atoms with Gasteiger partial charge in [0.15, 0.2) is 8.32 Å². The number of rotatable bonds is 9. The molecule has 49 heavy (non-hydrogen) atoms. The normalized spacial score (nSPS) is 16.7. The number of benzene rings is 1. The number of carbonyl (C=O) groups is 1. The van der Waals surface area contributed by atoms with Crippen molar-refractivity contribution in [3.05, 3.63) is 47.7 Å². The van der Waals surface area contributed by atoms with Gasteiger partial charge in [-0.2, -0.15) is 5.26 Å². The van der Waals surface area contributed by atoms with Gasteiger partial charge < -0.3 is 23.8 Å². The van der Waals surface area contributed by atoms with E-state index >= 15 is 0 Å². The van der Waals surface area contributed by atoms with E-state index in [0.29, 0.717) is 52.7 Å². The van der Waals surface area contributed by atoms with Crippen molar-refractivity contribution in [3.63, 3.8) is 0 Å². The molecule has 0 bridgehead atoms. The Morgan fingerprint density at radius 1 is 1.12 bits per heavy atom. The van der Waals surface area contributed by atoms with Crippen LogP contribution >= 0.6 is 7.14 Å². The van der Waals surface area contributed by atoms with Crippen LogP contribution in [0.1, 0.15) is 73.4 Å². The van der Waals surface area contributed by atoms with Gasteiger partial charge in [0, 0.05) is 30.3 Å². The molecule has 13 heteroatoms. The Balaban J connectivity index is 1.80. The van der Waals surface area contributed by atoms with E-state index < -0.39 is 32.6 Å². The van der Waals surface area contributed by atoms with Crippen molar-refractivity contribution in [2.24, 2.45) is 0 Å². The van der Waals surface area contributed by atoms with Crippen LogP contribution in [0, 0.1) is 11.3 Å². The molecule has 264 valence electrons. The van der Waals surface area contributed by atoms with Crippen molar-refractivity contribution in [1.82, 2.24) is 15.0 Å². The highest BCUT2D eigenvalue weighted by Gasteiger charge is 2.47. The topological polar surface area (TPSA) is 140 Å². The first-order valence-corrected chi connectivity index (χ1v) is 22.0. The van der Waals surface area contributed by atoms with Crippen LogP contribution in [-0.2, 0) is 19.1 Å². The Bertz CT molecular complexity index is 1820. The highest BCUT2D eigenvalue weighted by atomic mass is 31.2. The van der Waals surface area contributed by atoms with Crippen LogP contribution in [0.2, 0.25) is 18.1 Å². The van der Waals surface area contributed by atoms with Crippen LogP contribution in [0.25, 0.3) is 11.3 Å². The Hall–Kier alpha value is -3.78. The summed E-state index contributed by atoms with van der Waals surface area (Å²) in [5.74, 6) is 0.588. The molecular formula is C36H51N6O5PSi. The number of aromatic nitrogens is 3. The highest BCUT2D eigenvalue weighted by Crippen LogP contribution is 2.47. The zero-order chi connectivity index (χ0) is 36.7. The molecule has 1 aliphatic rings. The van der Waals surface area contributed by atoms with E-state index in [1.807, 2.05) is 40.7 Å². The molecule has 2 aromatic heterocycles. The van der Waals surface area contributed by atoms with Crippen LogP contribution in [0.5, 0.6) is 5.88 Å². The molecule has 3 heterocycles. The number of hydrogen-bond donors (Lipinski definition) is 1. The summed E-state index contributed by atoms with van der Waals surface area (Å²) in [6.45, 7) is 26.3. The van der Waals surface area contributed by atoms with E-state index in [0.717, 1.165) is 5.56 Å². The molecule has 1 aromatic carbocycles. The predicted molar refractivity (Wildman–Crippen MR) is 199 cm³/mol. The summed E-state index contributed by atoms with van der Waals surface area (Å²) in [4.78, 5) is 28.9. The number of nitriles is 1. The summed E-state index contributed by atoms with van der Waals surface area (Å²) in [7, 11) is -4.79. The van der Waals surface area contributed by atoms with Crippen molar-refractivity contribution in [1.29, 1.82) is 5.26 Å². The molecule has 1 N–H and O–H groups in total. The third kappa shape index (κ3) is 8.69. The van der Waals surface area contributed by atoms with Gasteiger partial charge in [-0.3, -0.25) is 4.90 Å². The predicted octanol–water partition coefficient (Wildman–Crippen LogP) is 8.22. The van der Waals surface area contributed by atoms with Crippen LogP contribution < -0.4 is 20.4 Å². The Labute approximate surface area is 292 Å². The number of anilines is 3. The van der Waals surface area contributed by atoms with E-state index in [1.54, 1.807) is 48.7 Å². The quantitative estimate of drug-likeness (QED) is 0.171. The van der Waals surface area contributed by atoms with Crippen molar-refractivity contribution in [2.45, 2.75) is 97.6 Å². The minimum absolute atomic E-state index is 0.0116. The van der Waals surface area contributed by atoms with Crippen molar-refractivity contribution in [2.75, 3.05) is 36.7 Å². The lowest BCUT2D eigenvalue weighted by molar-refractivity contribution is 0.0575. The Morgan fingerprint density at radius 3 is 2.37 bits per heavy atom. The first-order chi connectivity index (χ1) is 22.4. The molecule has 0 saturated heterocycles. The fourth-order valence-electron chi connectivity index (χ4n) is 5.12. The lowest BCUT2D eigenvalue weighted by Gasteiger charge is -2.39. The van der Waals surface area contributed by atoms with Crippen molar-refractivity contribution < 1.29 is 23.3 Å². The third-order valence-corrected chi connectivity index (χ3v) is 14.6. The molecule has 3 aromatic rings. The number of nitrogens with zero attached hydrogens (tertiary/aromatic N) is 5. The second-order valence-electron chi connectivity index (χ2n) is 16.1. The number of nitrogens with one attached hydrogen (secondary N) is 1. The van der Waals surface area contributed by atoms with E-state index in [9.17, 15) is 14.6 Å². The maximum absolute atomic E-state index is 13.6. The summed E-state index contributed by atoms with van der Waals surface area (Å²) >= 11 is 0. The molecule has 0 unspecified atom stereocenters. The van der Waals surface area contributed by atoms with Gasteiger partial charge in [0.2, 0.25) is 11.8 Å². The van der Waals surface area contributed by atoms with Gasteiger partial charge in [0.05, 0.1) is 23.0 Å². The summed E-state index contributed by atoms with van der Waals surface area (Å²) in [5.41, 5.74) is 2.58. The lowest BCUT2D eigenvalue weighted by Crippen LogP contribution is -2.46. The zero-order valence-electron chi connectivity index (χ0n) is 31.2. The van der Waals surface area contributed by atoms with Crippen LogP contribution in [-0.4, -0.2) is 67.5 Å². The van der Waals surface area contributed by atoms with Gasteiger partial charge in [0.25, 0.3) is 0 Å².